The summed E-state index contributed by atoms with van der Waals surface area (Å²) in [6, 6.07) is 8.52. The highest BCUT2D eigenvalue weighted by Crippen LogP contribution is 2.06. The zero-order chi connectivity index (χ0) is 12.0. The van der Waals surface area contributed by atoms with E-state index in [1.54, 1.807) is 11.9 Å². The lowest BCUT2D eigenvalue weighted by Crippen LogP contribution is -2.29. The molecule has 0 aliphatic carbocycles. The van der Waals surface area contributed by atoms with Crippen LogP contribution in [0.2, 0.25) is 0 Å². The van der Waals surface area contributed by atoms with E-state index in [4.69, 9.17) is 11.6 Å². The first-order valence-electron chi connectivity index (χ1n) is 5.55. The SMILES string of the molecule is CCc1ccc(CCN(C)C(=O)CCl)cc1. The van der Waals surface area contributed by atoms with Gasteiger partial charge in [0.05, 0.1) is 0 Å². The molecule has 0 atom stereocenters. The van der Waals surface area contributed by atoms with Crippen molar-refractivity contribution in [2.75, 3.05) is 19.5 Å². The molecule has 0 aliphatic rings. The largest absolute Gasteiger partial charge is 0.344 e. The maximum Gasteiger partial charge on any atom is 0.237 e. The fourth-order valence-electron chi connectivity index (χ4n) is 1.47. The van der Waals surface area contributed by atoms with Crippen LogP contribution in [0.25, 0.3) is 0 Å². The molecule has 1 rings (SSSR count). The monoisotopic (exact) mass is 239 g/mol. The van der Waals surface area contributed by atoms with Crippen molar-refractivity contribution >= 4 is 17.5 Å². The van der Waals surface area contributed by atoms with E-state index in [-0.39, 0.29) is 11.8 Å². The van der Waals surface area contributed by atoms with Crippen molar-refractivity contribution in [3.8, 4) is 0 Å². The van der Waals surface area contributed by atoms with Crippen molar-refractivity contribution < 1.29 is 4.79 Å². The van der Waals surface area contributed by atoms with Crippen LogP contribution in [-0.4, -0.2) is 30.3 Å². The van der Waals surface area contributed by atoms with E-state index in [1.165, 1.54) is 11.1 Å². The first kappa shape index (κ1) is 13.0. The number of hydrogen-bond donors (Lipinski definition) is 0. The second kappa shape index (κ2) is 6.54. The molecule has 88 valence electrons. The number of alkyl halides is 1. The number of rotatable bonds is 5. The molecule has 0 fully saturated rings. The summed E-state index contributed by atoms with van der Waals surface area (Å²) >= 11 is 5.48. The number of carbonyl (C=O) groups is 1. The lowest BCUT2D eigenvalue weighted by molar-refractivity contribution is -0.127. The summed E-state index contributed by atoms with van der Waals surface area (Å²) in [7, 11) is 1.78. The molecular weight excluding hydrogens is 222 g/mol. The van der Waals surface area contributed by atoms with Gasteiger partial charge in [-0.25, -0.2) is 0 Å². The lowest BCUT2D eigenvalue weighted by Gasteiger charge is -2.15. The highest BCUT2D eigenvalue weighted by atomic mass is 35.5. The molecule has 0 bridgehead atoms. The number of likely N-dealkylation sites (N-methyl/N-ethyl adjacent to an activating group) is 1. The van der Waals surface area contributed by atoms with Gasteiger partial charge < -0.3 is 4.90 Å². The van der Waals surface area contributed by atoms with E-state index in [0.29, 0.717) is 0 Å². The Morgan fingerprint density at radius 2 is 1.81 bits per heavy atom. The third-order valence-electron chi connectivity index (χ3n) is 2.71. The van der Waals surface area contributed by atoms with Gasteiger partial charge in [-0.1, -0.05) is 31.2 Å². The molecule has 2 nitrogen and oxygen atoms in total. The van der Waals surface area contributed by atoms with Crippen LogP contribution in [0.4, 0.5) is 0 Å². The lowest BCUT2D eigenvalue weighted by atomic mass is 10.1. The van der Waals surface area contributed by atoms with Crippen LogP contribution in [0.1, 0.15) is 18.1 Å². The van der Waals surface area contributed by atoms with Crippen LogP contribution in [-0.2, 0) is 17.6 Å². The third-order valence-corrected chi connectivity index (χ3v) is 2.94. The van der Waals surface area contributed by atoms with Crippen molar-refractivity contribution in [2.24, 2.45) is 0 Å². The van der Waals surface area contributed by atoms with Crippen LogP contribution in [0.15, 0.2) is 24.3 Å². The van der Waals surface area contributed by atoms with Crippen molar-refractivity contribution in [2.45, 2.75) is 19.8 Å². The van der Waals surface area contributed by atoms with Gasteiger partial charge in [0.15, 0.2) is 0 Å². The predicted molar refractivity (Wildman–Crippen MR) is 67.9 cm³/mol. The van der Waals surface area contributed by atoms with E-state index in [1.807, 2.05) is 0 Å². The maximum atomic E-state index is 11.2. The second-order valence-electron chi connectivity index (χ2n) is 3.87. The highest BCUT2D eigenvalue weighted by molar-refractivity contribution is 6.27. The molecule has 0 aliphatic heterocycles. The average molecular weight is 240 g/mol. The average Bonchev–Trinajstić information content (AvgIpc) is 2.35. The van der Waals surface area contributed by atoms with E-state index in [9.17, 15) is 4.79 Å². The summed E-state index contributed by atoms with van der Waals surface area (Å²) in [5.74, 6) is 0.0393. The number of halogens is 1. The highest BCUT2D eigenvalue weighted by Gasteiger charge is 2.06. The van der Waals surface area contributed by atoms with Crippen LogP contribution in [0, 0.1) is 0 Å². The van der Waals surface area contributed by atoms with Crippen LogP contribution >= 0.6 is 11.6 Å². The molecule has 1 aromatic carbocycles. The number of benzene rings is 1. The van der Waals surface area contributed by atoms with E-state index in [2.05, 4.69) is 31.2 Å². The molecule has 0 saturated carbocycles. The van der Waals surface area contributed by atoms with Gasteiger partial charge in [0.25, 0.3) is 0 Å². The molecule has 0 N–H and O–H groups in total. The Bertz CT molecular complexity index is 334. The Hall–Kier alpha value is -1.02. The summed E-state index contributed by atoms with van der Waals surface area (Å²) in [5.41, 5.74) is 2.60. The zero-order valence-corrected chi connectivity index (χ0v) is 10.6. The second-order valence-corrected chi connectivity index (χ2v) is 4.14. The zero-order valence-electron chi connectivity index (χ0n) is 9.87. The normalized spacial score (nSPS) is 10.2. The molecule has 0 spiro atoms. The summed E-state index contributed by atoms with van der Waals surface area (Å²) < 4.78 is 0. The van der Waals surface area contributed by atoms with Gasteiger partial charge in [-0.05, 0) is 24.0 Å². The molecule has 0 aromatic heterocycles. The predicted octanol–water partition coefficient (Wildman–Crippen LogP) is 2.49. The Morgan fingerprint density at radius 3 is 2.31 bits per heavy atom. The number of carbonyl (C=O) groups excluding carboxylic acids is 1. The topological polar surface area (TPSA) is 20.3 Å². The van der Waals surface area contributed by atoms with Gasteiger partial charge in [-0.15, -0.1) is 11.6 Å². The first-order chi connectivity index (χ1) is 7.67. The number of nitrogens with zero attached hydrogens (tertiary/aromatic N) is 1. The summed E-state index contributed by atoms with van der Waals surface area (Å²) in [6.45, 7) is 2.86. The number of aryl methyl sites for hydroxylation is 1. The van der Waals surface area contributed by atoms with Crippen molar-refractivity contribution in [1.29, 1.82) is 0 Å². The van der Waals surface area contributed by atoms with Gasteiger partial charge in [0.1, 0.15) is 5.88 Å². The van der Waals surface area contributed by atoms with Gasteiger partial charge in [-0.3, -0.25) is 4.79 Å². The Labute approximate surface area is 102 Å². The minimum Gasteiger partial charge on any atom is -0.344 e. The fourth-order valence-corrected chi connectivity index (χ4v) is 1.67. The molecule has 1 amide bonds. The molecule has 0 radical (unpaired) electrons. The molecule has 1 aromatic rings. The number of hydrogen-bond acceptors (Lipinski definition) is 1. The molecule has 3 heteroatoms. The van der Waals surface area contributed by atoms with Crippen LogP contribution in [0.3, 0.4) is 0 Å². The molecule has 16 heavy (non-hydrogen) atoms. The van der Waals surface area contributed by atoms with Crippen LogP contribution < -0.4 is 0 Å². The quantitative estimate of drug-likeness (QED) is 0.723. The summed E-state index contributed by atoms with van der Waals surface area (Å²) in [6.07, 6.45) is 1.94. The van der Waals surface area contributed by atoms with Crippen LogP contribution in [0.5, 0.6) is 0 Å². The van der Waals surface area contributed by atoms with Gasteiger partial charge in [0.2, 0.25) is 5.91 Å². The number of amides is 1. The Balaban J connectivity index is 2.45. The summed E-state index contributed by atoms with van der Waals surface area (Å²) in [5, 5.41) is 0. The minimum absolute atomic E-state index is 0.0214. The fraction of sp³-hybridized carbons (Fsp3) is 0.462. The van der Waals surface area contributed by atoms with Gasteiger partial charge in [-0.2, -0.15) is 0 Å². The molecule has 0 saturated heterocycles. The molecule has 0 heterocycles. The third kappa shape index (κ3) is 3.86. The minimum atomic E-state index is -0.0214. The molecule has 0 unspecified atom stereocenters. The Morgan fingerprint density at radius 1 is 1.25 bits per heavy atom. The molecular formula is C13H18ClNO. The van der Waals surface area contributed by atoms with Crippen molar-refractivity contribution in [3.63, 3.8) is 0 Å². The van der Waals surface area contributed by atoms with Gasteiger partial charge >= 0.3 is 0 Å². The van der Waals surface area contributed by atoms with Gasteiger partial charge in [0, 0.05) is 13.6 Å². The summed E-state index contributed by atoms with van der Waals surface area (Å²) in [4.78, 5) is 12.9. The van der Waals surface area contributed by atoms with E-state index >= 15 is 0 Å². The van der Waals surface area contributed by atoms with E-state index < -0.39 is 0 Å². The van der Waals surface area contributed by atoms with Crippen molar-refractivity contribution in [3.05, 3.63) is 35.4 Å². The smallest absolute Gasteiger partial charge is 0.237 e. The maximum absolute atomic E-state index is 11.2. The first-order valence-corrected chi connectivity index (χ1v) is 6.08. The Kier molecular flexibility index (Phi) is 5.33. The standard InChI is InChI=1S/C13H18ClNO/c1-3-11-4-6-12(7-5-11)8-9-15(2)13(16)10-14/h4-7H,3,8-10H2,1-2H3. The van der Waals surface area contributed by atoms with Crippen molar-refractivity contribution in [1.82, 2.24) is 4.90 Å². The van der Waals surface area contributed by atoms with E-state index in [0.717, 1.165) is 19.4 Å².